The lowest BCUT2D eigenvalue weighted by Crippen LogP contribution is -2.48. The van der Waals surface area contributed by atoms with Gasteiger partial charge in [-0.15, -0.1) is 0 Å². The molecule has 0 heterocycles. The highest BCUT2D eigenvalue weighted by Gasteiger charge is 2.16. The number of hydrazine groups is 1. The van der Waals surface area contributed by atoms with Crippen LogP contribution in [0.3, 0.4) is 0 Å². The fraction of sp³-hybridized carbons (Fsp3) is 0.222. The minimum Gasteiger partial charge on any atom is -0.483 e. The number of ether oxygens (including phenoxy) is 2. The van der Waals surface area contributed by atoms with Crippen LogP contribution in [-0.2, 0) is 9.59 Å². The zero-order valence-corrected chi connectivity index (χ0v) is 15.7. The Morgan fingerprint density at radius 2 is 1.81 bits per heavy atom. The van der Waals surface area contributed by atoms with Crippen molar-refractivity contribution in [2.75, 3.05) is 6.61 Å². The van der Waals surface area contributed by atoms with Crippen molar-refractivity contribution in [1.82, 2.24) is 10.9 Å². The number of para-hydroxylation sites is 1. The van der Waals surface area contributed by atoms with E-state index in [1.807, 2.05) is 6.92 Å². The van der Waals surface area contributed by atoms with Gasteiger partial charge in [-0.2, -0.15) is 0 Å². The minimum absolute atomic E-state index is 0.261. The minimum atomic E-state index is -0.852. The summed E-state index contributed by atoms with van der Waals surface area (Å²) in [4.78, 5) is 23.8. The van der Waals surface area contributed by atoms with E-state index in [-0.39, 0.29) is 6.61 Å². The first-order valence-corrected chi connectivity index (χ1v) is 8.51. The van der Waals surface area contributed by atoms with Crippen molar-refractivity contribution < 1.29 is 19.1 Å². The summed E-state index contributed by atoms with van der Waals surface area (Å²) in [6.07, 6.45) is -0.852. The predicted octanol–water partition coefficient (Wildman–Crippen LogP) is 3.30. The largest absolute Gasteiger partial charge is 0.483 e. The summed E-state index contributed by atoms with van der Waals surface area (Å²) in [7, 11) is 0. The Morgan fingerprint density at radius 1 is 1.08 bits per heavy atom. The molecule has 0 spiro atoms. The summed E-state index contributed by atoms with van der Waals surface area (Å²) in [6.45, 7) is 3.09. The Kier molecular flexibility index (Phi) is 7.12. The van der Waals surface area contributed by atoms with Gasteiger partial charge in [0.15, 0.2) is 12.7 Å². The van der Waals surface area contributed by atoms with Crippen molar-refractivity contribution in [2.24, 2.45) is 0 Å². The second-order valence-corrected chi connectivity index (χ2v) is 6.27. The zero-order valence-electron chi connectivity index (χ0n) is 14.2. The number of aryl methyl sites for hydroxylation is 1. The number of amides is 2. The van der Waals surface area contributed by atoms with Gasteiger partial charge in [-0.1, -0.05) is 35.3 Å². The van der Waals surface area contributed by atoms with E-state index in [4.69, 9.17) is 32.7 Å². The van der Waals surface area contributed by atoms with Crippen LogP contribution in [0.1, 0.15) is 12.5 Å². The predicted molar refractivity (Wildman–Crippen MR) is 99.5 cm³/mol. The number of benzene rings is 2. The van der Waals surface area contributed by atoms with Gasteiger partial charge in [-0.05, 0) is 49.7 Å². The molecule has 138 valence electrons. The first-order chi connectivity index (χ1) is 12.4. The summed E-state index contributed by atoms with van der Waals surface area (Å²) in [6, 6.07) is 11.9. The molecular formula is C18H18Cl2N2O4. The van der Waals surface area contributed by atoms with Crippen molar-refractivity contribution in [3.63, 3.8) is 0 Å². The third-order valence-corrected chi connectivity index (χ3v) is 3.88. The first-order valence-electron chi connectivity index (χ1n) is 7.75. The molecule has 0 saturated carbocycles. The average Bonchev–Trinajstić information content (AvgIpc) is 2.60. The molecule has 2 rings (SSSR count). The molecule has 2 aromatic carbocycles. The van der Waals surface area contributed by atoms with Crippen LogP contribution >= 0.6 is 23.2 Å². The fourth-order valence-corrected chi connectivity index (χ4v) is 2.38. The molecule has 1 atom stereocenters. The van der Waals surface area contributed by atoms with Gasteiger partial charge < -0.3 is 9.47 Å². The molecule has 26 heavy (non-hydrogen) atoms. The maximum absolute atomic E-state index is 12.0. The van der Waals surface area contributed by atoms with E-state index in [1.54, 1.807) is 49.4 Å². The molecule has 0 aliphatic heterocycles. The number of rotatable bonds is 6. The Bertz CT molecular complexity index is 799. The molecule has 2 amide bonds. The molecule has 1 unspecified atom stereocenters. The summed E-state index contributed by atoms with van der Waals surface area (Å²) < 4.78 is 10.8. The van der Waals surface area contributed by atoms with E-state index in [0.29, 0.717) is 21.5 Å². The summed E-state index contributed by atoms with van der Waals surface area (Å²) in [5, 5.41) is 0.974. The lowest BCUT2D eigenvalue weighted by Gasteiger charge is -2.16. The second-order valence-electron chi connectivity index (χ2n) is 5.43. The average molecular weight is 397 g/mol. The monoisotopic (exact) mass is 396 g/mol. The van der Waals surface area contributed by atoms with E-state index >= 15 is 0 Å². The van der Waals surface area contributed by atoms with Gasteiger partial charge in [0.25, 0.3) is 11.8 Å². The number of halogens is 2. The van der Waals surface area contributed by atoms with Crippen LogP contribution in [0.15, 0.2) is 42.5 Å². The lowest BCUT2D eigenvalue weighted by molar-refractivity contribution is -0.133. The Labute approximate surface area is 161 Å². The van der Waals surface area contributed by atoms with Crippen LogP contribution < -0.4 is 20.3 Å². The number of hydrogen-bond acceptors (Lipinski definition) is 4. The molecular weight excluding hydrogens is 379 g/mol. The summed E-state index contributed by atoms with van der Waals surface area (Å²) in [5.41, 5.74) is 5.34. The van der Waals surface area contributed by atoms with Gasteiger partial charge in [0.2, 0.25) is 0 Å². The van der Waals surface area contributed by atoms with Gasteiger partial charge in [-0.25, -0.2) is 0 Å². The van der Waals surface area contributed by atoms with Gasteiger partial charge in [0.1, 0.15) is 11.5 Å². The van der Waals surface area contributed by atoms with E-state index in [0.717, 1.165) is 5.56 Å². The molecule has 0 aromatic heterocycles. The van der Waals surface area contributed by atoms with Crippen LogP contribution in [0.25, 0.3) is 0 Å². The molecule has 8 heteroatoms. The maximum atomic E-state index is 12.0. The quantitative estimate of drug-likeness (QED) is 0.734. The number of carbonyl (C=O) groups excluding carboxylic acids is 2. The summed E-state index contributed by atoms with van der Waals surface area (Å²) >= 11 is 11.8. The van der Waals surface area contributed by atoms with Crippen LogP contribution in [0.4, 0.5) is 0 Å². The molecule has 0 saturated heterocycles. The molecule has 6 nitrogen and oxygen atoms in total. The van der Waals surface area contributed by atoms with Gasteiger partial charge in [0.05, 0.1) is 5.02 Å². The number of hydrogen-bond donors (Lipinski definition) is 2. The molecule has 2 N–H and O–H groups in total. The molecule has 0 aliphatic carbocycles. The van der Waals surface area contributed by atoms with Crippen LogP contribution in [0, 0.1) is 6.92 Å². The van der Waals surface area contributed by atoms with Crippen molar-refractivity contribution in [2.45, 2.75) is 20.0 Å². The smallest absolute Gasteiger partial charge is 0.279 e. The van der Waals surface area contributed by atoms with Gasteiger partial charge in [-0.3, -0.25) is 20.4 Å². The SMILES string of the molecule is Cc1cc(Cl)ccc1OCC(=O)NNC(=O)C(C)Oc1ccccc1Cl. The standard InChI is InChI=1S/C18H18Cl2N2O4/c1-11-9-13(19)7-8-15(11)25-10-17(23)21-22-18(24)12(2)26-16-6-4-3-5-14(16)20/h3-9,12H,10H2,1-2H3,(H,21,23)(H,22,24). The van der Waals surface area contributed by atoms with Crippen molar-refractivity contribution in [3.8, 4) is 11.5 Å². The van der Waals surface area contributed by atoms with Gasteiger partial charge in [0, 0.05) is 5.02 Å². The van der Waals surface area contributed by atoms with Crippen LogP contribution in [0.2, 0.25) is 10.0 Å². The Balaban J connectivity index is 1.77. The van der Waals surface area contributed by atoms with E-state index < -0.39 is 17.9 Å². The zero-order chi connectivity index (χ0) is 19.1. The van der Waals surface area contributed by atoms with E-state index in [2.05, 4.69) is 10.9 Å². The highest BCUT2D eigenvalue weighted by Crippen LogP contribution is 2.24. The Hall–Kier alpha value is -2.44. The van der Waals surface area contributed by atoms with E-state index in [9.17, 15) is 9.59 Å². The molecule has 0 bridgehead atoms. The number of nitrogens with one attached hydrogen (secondary N) is 2. The van der Waals surface area contributed by atoms with Crippen molar-refractivity contribution >= 4 is 35.0 Å². The maximum Gasteiger partial charge on any atom is 0.279 e. The molecule has 0 radical (unpaired) electrons. The highest BCUT2D eigenvalue weighted by atomic mass is 35.5. The molecule has 0 aliphatic rings. The third kappa shape index (κ3) is 5.82. The topological polar surface area (TPSA) is 76.7 Å². The number of carbonyl (C=O) groups is 2. The van der Waals surface area contributed by atoms with E-state index in [1.165, 1.54) is 0 Å². The second kappa shape index (κ2) is 9.31. The van der Waals surface area contributed by atoms with Crippen molar-refractivity contribution in [3.05, 3.63) is 58.1 Å². The highest BCUT2D eigenvalue weighted by molar-refractivity contribution is 6.32. The normalized spacial score (nSPS) is 11.4. The van der Waals surface area contributed by atoms with Gasteiger partial charge >= 0.3 is 0 Å². The summed E-state index contributed by atoms with van der Waals surface area (Å²) in [5.74, 6) is -0.130. The Morgan fingerprint density at radius 3 is 2.50 bits per heavy atom. The lowest BCUT2D eigenvalue weighted by atomic mass is 10.2. The van der Waals surface area contributed by atoms with Crippen LogP contribution in [0.5, 0.6) is 11.5 Å². The molecule has 2 aromatic rings. The van der Waals surface area contributed by atoms with Crippen LogP contribution in [-0.4, -0.2) is 24.5 Å². The fourth-order valence-electron chi connectivity index (χ4n) is 1.97. The first kappa shape index (κ1) is 19.9. The third-order valence-electron chi connectivity index (χ3n) is 3.33. The van der Waals surface area contributed by atoms with Crippen molar-refractivity contribution in [1.29, 1.82) is 0 Å². The molecule has 0 fully saturated rings.